The van der Waals surface area contributed by atoms with Crippen LogP contribution in [-0.2, 0) is 19.5 Å². The number of para-hydroxylation sites is 1. The smallest absolute Gasteiger partial charge is 0.122 e. The summed E-state index contributed by atoms with van der Waals surface area (Å²) in [6, 6.07) is 11.8. The van der Waals surface area contributed by atoms with Crippen molar-refractivity contribution in [2.24, 2.45) is 0 Å². The fourth-order valence-electron chi connectivity index (χ4n) is 3.85. The number of nitrogens with zero attached hydrogens (tertiary/aromatic N) is 2. The van der Waals surface area contributed by atoms with E-state index in [1.54, 1.807) is 6.07 Å². The molecule has 0 amide bonds. The number of unbranched alkanes of at least 4 members (excludes halogenated alkanes) is 6. The molecule has 0 aliphatic rings. The molecule has 0 heterocycles. The van der Waals surface area contributed by atoms with E-state index in [1.165, 1.54) is 50.5 Å². The lowest BCUT2D eigenvalue weighted by atomic mass is 10.0. The summed E-state index contributed by atoms with van der Waals surface area (Å²) in [4.78, 5) is 4.19. The maximum Gasteiger partial charge on any atom is 0.122 e. The highest BCUT2D eigenvalue weighted by Crippen LogP contribution is 2.25. The van der Waals surface area contributed by atoms with Gasteiger partial charge in [0.1, 0.15) is 11.5 Å². The molecular weight excluding hydrogens is 396 g/mol. The van der Waals surface area contributed by atoms with Crippen LogP contribution in [0.4, 0.5) is 0 Å². The molecule has 0 saturated heterocycles. The predicted molar refractivity (Wildman–Crippen MR) is 137 cm³/mol. The van der Waals surface area contributed by atoms with Crippen LogP contribution in [0.25, 0.3) is 0 Å². The van der Waals surface area contributed by atoms with Gasteiger partial charge in [-0.1, -0.05) is 69.7 Å². The second-order valence-electron chi connectivity index (χ2n) is 9.40. The predicted octanol–water partition coefficient (Wildman–Crippen LogP) is 6.51. The van der Waals surface area contributed by atoms with E-state index in [1.807, 2.05) is 53.3 Å². The van der Waals surface area contributed by atoms with Crippen LogP contribution in [0.2, 0.25) is 0 Å². The Morgan fingerprint density at radius 3 is 1.91 bits per heavy atom. The molecule has 2 aromatic carbocycles. The summed E-state index contributed by atoms with van der Waals surface area (Å²) in [7, 11) is 8.11. The second kappa shape index (κ2) is 15.7. The van der Waals surface area contributed by atoms with E-state index in [4.69, 9.17) is 0 Å². The van der Waals surface area contributed by atoms with E-state index in [0.717, 1.165) is 36.2 Å². The number of hydrogen-bond acceptors (Lipinski definition) is 4. The third kappa shape index (κ3) is 11.5. The minimum absolute atomic E-state index is 0.427. The Morgan fingerprint density at radius 2 is 1.31 bits per heavy atom. The third-order valence-corrected chi connectivity index (χ3v) is 5.47. The van der Waals surface area contributed by atoms with E-state index in [-0.39, 0.29) is 0 Å². The minimum Gasteiger partial charge on any atom is -0.508 e. The number of phenolic OH excluding ortho intramolecular Hbond substituents is 2. The van der Waals surface area contributed by atoms with Crippen LogP contribution in [0.3, 0.4) is 0 Å². The van der Waals surface area contributed by atoms with Crippen molar-refractivity contribution in [1.82, 2.24) is 9.80 Å². The van der Waals surface area contributed by atoms with E-state index >= 15 is 0 Å². The molecule has 2 rings (SSSR count). The van der Waals surface area contributed by atoms with Crippen LogP contribution < -0.4 is 0 Å². The quantitative estimate of drug-likeness (QED) is 0.368. The molecule has 0 bridgehead atoms. The largest absolute Gasteiger partial charge is 0.508 e. The van der Waals surface area contributed by atoms with E-state index < -0.39 is 0 Å². The Balaban J connectivity index is 0.000000320. The fraction of sp³-hybridized carbons (Fsp3) is 0.571. The Bertz CT molecular complexity index is 772. The van der Waals surface area contributed by atoms with Gasteiger partial charge in [-0.2, -0.15) is 0 Å². The standard InChI is InChI=1S/C15H24O.C13H22N2O/c1-2-3-4-5-6-7-8-11-14-12-9-10-13-15(14)16;1-10-6-11(8-14(2)3)7-12(13(10)16)9-15(4)5/h9-10,12-13,16H,2-8,11H2,1H3;6-7,16H,8-9H2,1-5H3. The van der Waals surface area contributed by atoms with Crippen molar-refractivity contribution in [3.8, 4) is 11.5 Å². The van der Waals surface area contributed by atoms with Gasteiger partial charge < -0.3 is 20.0 Å². The molecule has 0 radical (unpaired) electrons. The number of aromatic hydroxyl groups is 2. The van der Waals surface area contributed by atoms with Gasteiger partial charge in [-0.3, -0.25) is 0 Å². The monoisotopic (exact) mass is 442 g/mol. The topological polar surface area (TPSA) is 46.9 Å². The molecule has 0 aliphatic carbocycles. The summed E-state index contributed by atoms with van der Waals surface area (Å²) in [5.41, 5.74) is 4.30. The number of rotatable bonds is 12. The summed E-state index contributed by atoms with van der Waals surface area (Å²) in [6.07, 6.45) is 10.3. The fourth-order valence-corrected chi connectivity index (χ4v) is 3.85. The SMILES string of the molecule is CCCCCCCCCc1ccccc1O.Cc1cc(CN(C)C)cc(CN(C)C)c1O. The summed E-state index contributed by atoms with van der Waals surface area (Å²) >= 11 is 0. The first-order valence-corrected chi connectivity index (χ1v) is 12.1. The molecular formula is C28H46N2O2. The first-order chi connectivity index (χ1) is 15.2. The Kier molecular flexibility index (Phi) is 13.7. The van der Waals surface area contributed by atoms with Gasteiger partial charge in [-0.25, -0.2) is 0 Å². The lowest BCUT2D eigenvalue weighted by Gasteiger charge is -2.16. The Hall–Kier alpha value is -2.04. The molecule has 2 aromatic rings. The second-order valence-corrected chi connectivity index (χ2v) is 9.40. The van der Waals surface area contributed by atoms with Gasteiger partial charge >= 0.3 is 0 Å². The van der Waals surface area contributed by atoms with Crippen LogP contribution in [0.1, 0.15) is 74.1 Å². The molecule has 0 spiro atoms. The van der Waals surface area contributed by atoms with Crippen LogP contribution in [0, 0.1) is 6.92 Å². The zero-order valence-electron chi connectivity index (χ0n) is 21.3. The summed E-state index contributed by atoms with van der Waals surface area (Å²) in [5, 5.41) is 19.5. The van der Waals surface area contributed by atoms with Crippen molar-refractivity contribution in [3.05, 3.63) is 58.7 Å². The van der Waals surface area contributed by atoms with Crippen LogP contribution >= 0.6 is 0 Å². The molecule has 0 unspecified atom stereocenters. The van der Waals surface area contributed by atoms with Gasteiger partial charge in [0.2, 0.25) is 0 Å². The molecule has 4 heteroatoms. The highest BCUT2D eigenvalue weighted by molar-refractivity contribution is 5.43. The zero-order chi connectivity index (χ0) is 23.9. The molecule has 32 heavy (non-hydrogen) atoms. The van der Waals surface area contributed by atoms with Crippen molar-refractivity contribution >= 4 is 0 Å². The number of benzene rings is 2. The molecule has 4 nitrogen and oxygen atoms in total. The summed E-state index contributed by atoms with van der Waals surface area (Å²) in [5.74, 6) is 0.879. The average Bonchev–Trinajstić information content (AvgIpc) is 2.72. The van der Waals surface area contributed by atoms with Crippen molar-refractivity contribution in [1.29, 1.82) is 0 Å². The van der Waals surface area contributed by atoms with Gasteiger partial charge in [0.25, 0.3) is 0 Å². The van der Waals surface area contributed by atoms with Gasteiger partial charge in [-0.05, 0) is 76.8 Å². The van der Waals surface area contributed by atoms with Crippen LogP contribution in [0.15, 0.2) is 36.4 Å². The lowest BCUT2D eigenvalue weighted by Crippen LogP contribution is -2.13. The van der Waals surface area contributed by atoms with Crippen molar-refractivity contribution in [2.45, 2.75) is 78.3 Å². The molecule has 0 aliphatic heterocycles. The first kappa shape index (κ1) is 28.0. The van der Waals surface area contributed by atoms with E-state index in [9.17, 15) is 10.2 Å². The normalized spacial score (nSPS) is 11.0. The maximum absolute atomic E-state index is 9.96. The van der Waals surface area contributed by atoms with Gasteiger partial charge in [-0.15, -0.1) is 0 Å². The first-order valence-electron chi connectivity index (χ1n) is 12.1. The summed E-state index contributed by atoms with van der Waals surface area (Å²) < 4.78 is 0. The van der Waals surface area contributed by atoms with Crippen LogP contribution in [0.5, 0.6) is 11.5 Å². The zero-order valence-corrected chi connectivity index (χ0v) is 21.3. The molecule has 0 atom stereocenters. The van der Waals surface area contributed by atoms with Crippen molar-refractivity contribution in [2.75, 3.05) is 28.2 Å². The maximum atomic E-state index is 9.96. The van der Waals surface area contributed by atoms with Gasteiger partial charge in [0, 0.05) is 18.7 Å². The Labute approximate surface area is 196 Å². The number of hydrogen-bond donors (Lipinski definition) is 2. The number of phenols is 2. The molecule has 2 N–H and O–H groups in total. The van der Waals surface area contributed by atoms with Crippen molar-refractivity contribution < 1.29 is 10.2 Å². The molecule has 0 aromatic heterocycles. The molecule has 0 saturated carbocycles. The lowest BCUT2D eigenvalue weighted by molar-refractivity contribution is 0.381. The Morgan fingerprint density at radius 1 is 0.719 bits per heavy atom. The average molecular weight is 443 g/mol. The van der Waals surface area contributed by atoms with Gasteiger partial charge in [0.15, 0.2) is 0 Å². The molecule has 0 fully saturated rings. The van der Waals surface area contributed by atoms with Crippen LogP contribution in [-0.4, -0.2) is 48.2 Å². The highest BCUT2D eigenvalue weighted by Gasteiger charge is 2.08. The van der Waals surface area contributed by atoms with E-state index in [2.05, 4.69) is 28.9 Å². The minimum atomic E-state index is 0.427. The highest BCUT2D eigenvalue weighted by atomic mass is 16.3. The number of aryl methyl sites for hydroxylation is 2. The summed E-state index contributed by atoms with van der Waals surface area (Å²) in [6.45, 7) is 5.88. The van der Waals surface area contributed by atoms with Gasteiger partial charge in [0.05, 0.1) is 0 Å². The van der Waals surface area contributed by atoms with E-state index in [0.29, 0.717) is 11.5 Å². The third-order valence-electron chi connectivity index (χ3n) is 5.47. The van der Waals surface area contributed by atoms with Crippen molar-refractivity contribution in [3.63, 3.8) is 0 Å². The molecule has 180 valence electrons.